The third-order valence-electron chi connectivity index (χ3n) is 2.14. The van der Waals surface area contributed by atoms with E-state index in [0.717, 1.165) is 19.3 Å². The molecule has 62 valence electrons. The summed E-state index contributed by atoms with van der Waals surface area (Å²) in [6.07, 6.45) is 3.63. The highest BCUT2D eigenvalue weighted by atomic mass is 16.5. The van der Waals surface area contributed by atoms with E-state index in [4.69, 9.17) is 17.3 Å². The van der Waals surface area contributed by atoms with Gasteiger partial charge in [-0.25, -0.2) is 0 Å². The Kier molecular flexibility index (Phi) is 3.40. The molecule has 0 saturated carbocycles. The van der Waals surface area contributed by atoms with Crippen molar-refractivity contribution < 1.29 is 9.47 Å². The fourth-order valence-electron chi connectivity index (χ4n) is 1.37. The van der Waals surface area contributed by atoms with E-state index >= 15 is 0 Å². The van der Waals surface area contributed by atoms with Crippen LogP contribution >= 0.6 is 0 Å². The van der Waals surface area contributed by atoms with Gasteiger partial charge in [-0.3, -0.25) is 0 Å². The third-order valence-corrected chi connectivity index (χ3v) is 2.14. The molecule has 2 radical (unpaired) electrons. The molecule has 1 aliphatic rings. The fourth-order valence-corrected chi connectivity index (χ4v) is 1.37. The predicted octanol–water partition coefficient (Wildman–Crippen LogP) is 1.08. The molecule has 0 spiro atoms. The molecule has 11 heavy (non-hydrogen) atoms. The zero-order valence-corrected chi connectivity index (χ0v) is 7.25. The van der Waals surface area contributed by atoms with Crippen LogP contribution in [0.3, 0.4) is 0 Å². The van der Waals surface area contributed by atoms with Crippen molar-refractivity contribution in [2.24, 2.45) is 0 Å². The number of ether oxygens (including phenoxy) is 2. The van der Waals surface area contributed by atoms with Gasteiger partial charge >= 0.3 is 0 Å². The summed E-state index contributed by atoms with van der Waals surface area (Å²) < 4.78 is 10.6. The van der Waals surface area contributed by atoms with E-state index in [1.165, 1.54) is 0 Å². The van der Waals surface area contributed by atoms with Crippen LogP contribution in [-0.4, -0.2) is 33.2 Å². The maximum Gasteiger partial charge on any atom is 0.109 e. The van der Waals surface area contributed by atoms with Crippen molar-refractivity contribution in [3.63, 3.8) is 0 Å². The molecule has 1 heterocycles. The first-order valence-electron chi connectivity index (χ1n) is 4.16. The van der Waals surface area contributed by atoms with Crippen LogP contribution in [0.4, 0.5) is 0 Å². The lowest BCUT2D eigenvalue weighted by atomic mass is 9.97. The van der Waals surface area contributed by atoms with E-state index in [9.17, 15) is 0 Å². The first-order chi connectivity index (χ1) is 5.22. The molecule has 3 atom stereocenters. The quantitative estimate of drug-likeness (QED) is 0.566. The monoisotopic (exact) mass is 154 g/mol. The van der Waals surface area contributed by atoms with E-state index in [-0.39, 0.29) is 12.1 Å². The van der Waals surface area contributed by atoms with Gasteiger partial charge in [-0.1, -0.05) is 0 Å². The SMILES string of the molecule is [B]C1CC[C@@H](CC(C)OC)O1. The van der Waals surface area contributed by atoms with E-state index < -0.39 is 0 Å². The van der Waals surface area contributed by atoms with Crippen molar-refractivity contribution in [3.05, 3.63) is 0 Å². The van der Waals surface area contributed by atoms with Crippen molar-refractivity contribution in [3.8, 4) is 0 Å². The lowest BCUT2D eigenvalue weighted by Crippen LogP contribution is -2.17. The van der Waals surface area contributed by atoms with Gasteiger partial charge in [-0.05, 0) is 26.2 Å². The Bertz CT molecular complexity index is 119. The van der Waals surface area contributed by atoms with E-state index in [1.807, 2.05) is 6.92 Å². The van der Waals surface area contributed by atoms with Gasteiger partial charge in [0.2, 0.25) is 0 Å². The first kappa shape index (κ1) is 9.08. The fraction of sp³-hybridized carbons (Fsp3) is 1.00. The first-order valence-corrected chi connectivity index (χ1v) is 4.16. The van der Waals surface area contributed by atoms with Crippen molar-refractivity contribution in [2.45, 2.75) is 44.4 Å². The van der Waals surface area contributed by atoms with Crippen LogP contribution in [0, 0.1) is 0 Å². The van der Waals surface area contributed by atoms with Crippen molar-refractivity contribution >= 4 is 7.85 Å². The highest BCUT2D eigenvalue weighted by Gasteiger charge is 2.22. The summed E-state index contributed by atoms with van der Waals surface area (Å²) in [4.78, 5) is 0. The number of methoxy groups -OCH3 is 1. The summed E-state index contributed by atoms with van der Waals surface area (Å²) in [6, 6.07) is -0.0379. The standard InChI is InChI=1S/C8H15BO2/c1-6(10-2)5-7-3-4-8(9)11-7/h6-8H,3-5H2,1-2H3/t6?,7-,8?/m0/s1. The summed E-state index contributed by atoms with van der Waals surface area (Å²) in [6.45, 7) is 2.05. The van der Waals surface area contributed by atoms with Crippen molar-refractivity contribution in [2.75, 3.05) is 7.11 Å². The zero-order chi connectivity index (χ0) is 8.27. The zero-order valence-electron chi connectivity index (χ0n) is 7.25. The molecule has 1 rings (SSSR count). The number of hydrogen-bond acceptors (Lipinski definition) is 2. The Balaban J connectivity index is 2.17. The number of rotatable bonds is 3. The van der Waals surface area contributed by atoms with Gasteiger partial charge in [0, 0.05) is 13.1 Å². The van der Waals surface area contributed by atoms with Crippen LogP contribution in [0.2, 0.25) is 0 Å². The minimum atomic E-state index is -0.0379. The van der Waals surface area contributed by atoms with Crippen LogP contribution in [0.1, 0.15) is 26.2 Å². The molecule has 1 fully saturated rings. The molecule has 0 aromatic carbocycles. The van der Waals surface area contributed by atoms with Gasteiger partial charge in [0.15, 0.2) is 0 Å². The van der Waals surface area contributed by atoms with Gasteiger partial charge < -0.3 is 9.47 Å². The minimum absolute atomic E-state index is 0.0379. The molecular formula is C8H15BO2. The average Bonchev–Trinajstić information content (AvgIpc) is 2.35. The Hall–Kier alpha value is -0.0151. The summed E-state index contributed by atoms with van der Waals surface area (Å²) >= 11 is 0. The maximum atomic E-state index is 5.58. The second-order valence-electron chi connectivity index (χ2n) is 3.16. The van der Waals surface area contributed by atoms with Gasteiger partial charge in [0.25, 0.3) is 0 Å². The van der Waals surface area contributed by atoms with Crippen molar-refractivity contribution in [1.29, 1.82) is 0 Å². The van der Waals surface area contributed by atoms with Gasteiger partial charge in [0.05, 0.1) is 12.2 Å². The lowest BCUT2D eigenvalue weighted by molar-refractivity contribution is 0.0279. The molecule has 0 aromatic heterocycles. The van der Waals surface area contributed by atoms with Crippen LogP contribution in [0.15, 0.2) is 0 Å². The lowest BCUT2D eigenvalue weighted by Gasteiger charge is -2.15. The van der Waals surface area contributed by atoms with Crippen LogP contribution < -0.4 is 0 Å². The van der Waals surface area contributed by atoms with E-state index in [2.05, 4.69) is 0 Å². The van der Waals surface area contributed by atoms with Crippen molar-refractivity contribution in [1.82, 2.24) is 0 Å². The third kappa shape index (κ3) is 2.84. The molecule has 0 aliphatic carbocycles. The van der Waals surface area contributed by atoms with Gasteiger partial charge in [-0.15, -0.1) is 0 Å². The largest absolute Gasteiger partial charge is 0.385 e. The predicted molar refractivity (Wildman–Crippen MR) is 44.7 cm³/mol. The van der Waals surface area contributed by atoms with E-state index in [1.54, 1.807) is 7.11 Å². The molecule has 0 N–H and O–H groups in total. The molecule has 0 aromatic rings. The molecule has 0 amide bonds. The number of hydrogen-bond donors (Lipinski definition) is 0. The molecule has 0 bridgehead atoms. The molecule has 3 heteroatoms. The summed E-state index contributed by atoms with van der Waals surface area (Å²) in [5.74, 6) is 0. The summed E-state index contributed by atoms with van der Waals surface area (Å²) in [7, 11) is 7.30. The second-order valence-corrected chi connectivity index (χ2v) is 3.16. The molecule has 2 nitrogen and oxygen atoms in total. The highest BCUT2D eigenvalue weighted by molar-refractivity contribution is 6.11. The maximum absolute atomic E-state index is 5.58. The van der Waals surface area contributed by atoms with Crippen LogP contribution in [0.25, 0.3) is 0 Å². The molecule has 2 unspecified atom stereocenters. The summed E-state index contributed by atoms with van der Waals surface area (Å²) in [5, 5.41) is 0. The minimum Gasteiger partial charge on any atom is -0.385 e. The Morgan fingerprint density at radius 3 is 2.82 bits per heavy atom. The van der Waals surface area contributed by atoms with Gasteiger partial charge in [0.1, 0.15) is 7.85 Å². The molecule has 1 aliphatic heterocycles. The average molecular weight is 154 g/mol. The highest BCUT2D eigenvalue weighted by Crippen LogP contribution is 2.21. The summed E-state index contributed by atoms with van der Waals surface area (Å²) in [5.41, 5.74) is 0. The molecule has 1 saturated heterocycles. The smallest absolute Gasteiger partial charge is 0.109 e. The van der Waals surface area contributed by atoms with E-state index in [0.29, 0.717) is 6.10 Å². The van der Waals surface area contributed by atoms with Gasteiger partial charge in [-0.2, -0.15) is 0 Å². The Morgan fingerprint density at radius 1 is 1.64 bits per heavy atom. The second kappa shape index (κ2) is 4.12. The van der Waals surface area contributed by atoms with Crippen LogP contribution in [0.5, 0.6) is 0 Å². The Morgan fingerprint density at radius 2 is 2.36 bits per heavy atom. The molecular weight excluding hydrogens is 139 g/mol. The topological polar surface area (TPSA) is 18.5 Å². The normalized spacial score (nSPS) is 34.0. The Labute approximate surface area is 69.7 Å². The van der Waals surface area contributed by atoms with Crippen LogP contribution in [-0.2, 0) is 9.47 Å².